The average molecular weight is 258 g/mol. The van der Waals surface area contributed by atoms with E-state index in [1.807, 2.05) is 4.72 Å². The summed E-state index contributed by atoms with van der Waals surface area (Å²) in [5.74, 6) is -2.05. The van der Waals surface area contributed by atoms with E-state index < -0.39 is 21.7 Å². The summed E-state index contributed by atoms with van der Waals surface area (Å²) in [4.78, 5) is 11.5. The minimum absolute atomic E-state index is 0.179. The van der Waals surface area contributed by atoms with Crippen LogP contribution in [0.15, 0.2) is 18.2 Å². The normalized spacial score (nSPS) is 11.1. The highest BCUT2D eigenvalue weighted by molar-refractivity contribution is 7.90. The topological polar surface area (TPSA) is 107 Å². The van der Waals surface area contributed by atoms with E-state index in [4.69, 9.17) is 5.11 Å². The highest BCUT2D eigenvalue weighted by atomic mass is 32.2. The number of carbonyl (C=O) groups excluding carboxylic acids is 1. The number of benzene rings is 1. The predicted octanol–water partition coefficient (Wildman–Crippen LogP) is -0.0646. The minimum atomic E-state index is -3.69. The third kappa shape index (κ3) is 3.95. The number of phenols is 1. The maximum Gasteiger partial charge on any atom is 0.264 e. The zero-order chi connectivity index (χ0) is 13.1. The van der Waals surface area contributed by atoms with E-state index >= 15 is 0 Å². The van der Waals surface area contributed by atoms with Crippen molar-refractivity contribution in [1.82, 2.24) is 4.72 Å². The summed E-state index contributed by atoms with van der Waals surface area (Å²) in [6.45, 7) is 1.66. The molecule has 0 saturated carbocycles. The van der Waals surface area contributed by atoms with Gasteiger partial charge in [0.25, 0.3) is 5.91 Å². The first-order chi connectivity index (χ1) is 7.84. The standard InChI is InChI=1S/C10H13NO5S/c1-2-3-17(15,16)11-10(14)7-4-8(12)6-9(13)5-7/h4-6,12-13H,2-3H2,1H3,(H,11,14)/p-1. The average Bonchev–Trinajstić information content (AvgIpc) is 2.14. The molecule has 17 heavy (non-hydrogen) atoms. The van der Waals surface area contributed by atoms with Gasteiger partial charge in [0.1, 0.15) is 5.75 Å². The Morgan fingerprint density at radius 1 is 1.41 bits per heavy atom. The molecule has 0 fully saturated rings. The quantitative estimate of drug-likeness (QED) is 0.786. The van der Waals surface area contributed by atoms with Crippen molar-refractivity contribution in [2.24, 2.45) is 0 Å². The van der Waals surface area contributed by atoms with Crippen LogP contribution in [0.3, 0.4) is 0 Å². The molecule has 0 aliphatic heterocycles. The van der Waals surface area contributed by atoms with Crippen molar-refractivity contribution in [3.63, 3.8) is 0 Å². The number of hydrogen-bond acceptors (Lipinski definition) is 5. The molecule has 2 N–H and O–H groups in total. The van der Waals surface area contributed by atoms with Gasteiger partial charge in [-0.2, -0.15) is 0 Å². The Kier molecular flexibility index (Phi) is 3.95. The van der Waals surface area contributed by atoms with Gasteiger partial charge in [-0.05, 0) is 18.6 Å². The SMILES string of the molecule is CCCS(=O)(=O)NC(=O)c1cc([O-])cc(O)c1. The highest BCUT2D eigenvalue weighted by Gasteiger charge is 2.15. The van der Waals surface area contributed by atoms with Gasteiger partial charge in [0.2, 0.25) is 10.0 Å². The van der Waals surface area contributed by atoms with Gasteiger partial charge in [-0.25, -0.2) is 13.1 Å². The summed E-state index contributed by atoms with van der Waals surface area (Å²) in [5, 5.41) is 20.1. The molecule has 0 radical (unpaired) electrons. The van der Waals surface area contributed by atoms with Crippen LogP contribution in [0.4, 0.5) is 0 Å². The Balaban J connectivity index is 2.91. The van der Waals surface area contributed by atoms with Crippen molar-refractivity contribution in [2.45, 2.75) is 13.3 Å². The molecule has 0 spiro atoms. The van der Waals surface area contributed by atoms with Crippen molar-refractivity contribution in [2.75, 3.05) is 5.75 Å². The fourth-order valence-corrected chi connectivity index (χ4v) is 2.27. The third-order valence-electron chi connectivity index (χ3n) is 1.87. The van der Waals surface area contributed by atoms with E-state index in [9.17, 15) is 18.3 Å². The van der Waals surface area contributed by atoms with E-state index in [0.29, 0.717) is 6.42 Å². The summed E-state index contributed by atoms with van der Waals surface area (Å²) >= 11 is 0. The van der Waals surface area contributed by atoms with Gasteiger partial charge in [-0.15, -0.1) is 5.75 Å². The number of amides is 1. The molecule has 0 unspecified atom stereocenters. The number of sulfonamides is 1. The lowest BCUT2D eigenvalue weighted by Crippen LogP contribution is -2.32. The summed E-state index contributed by atoms with van der Waals surface area (Å²) in [6.07, 6.45) is 0.370. The second-order valence-corrected chi connectivity index (χ2v) is 5.31. The fourth-order valence-electron chi connectivity index (χ4n) is 1.23. The molecule has 0 aliphatic rings. The Morgan fingerprint density at radius 2 is 2.06 bits per heavy atom. The smallest absolute Gasteiger partial charge is 0.264 e. The lowest BCUT2D eigenvalue weighted by molar-refractivity contribution is -0.268. The maximum atomic E-state index is 11.5. The Hall–Kier alpha value is -1.76. The molecule has 0 atom stereocenters. The Morgan fingerprint density at radius 3 is 2.59 bits per heavy atom. The first kappa shape index (κ1) is 13.3. The summed E-state index contributed by atoms with van der Waals surface area (Å²) in [6, 6.07) is 2.91. The number of nitrogens with one attached hydrogen (secondary N) is 1. The molecule has 1 rings (SSSR count). The van der Waals surface area contributed by atoms with Gasteiger partial charge >= 0.3 is 0 Å². The van der Waals surface area contributed by atoms with Gasteiger partial charge in [0.05, 0.1) is 5.75 Å². The van der Waals surface area contributed by atoms with E-state index in [2.05, 4.69) is 0 Å². The van der Waals surface area contributed by atoms with Gasteiger partial charge in [0, 0.05) is 5.56 Å². The van der Waals surface area contributed by atoms with Crippen LogP contribution in [-0.4, -0.2) is 25.2 Å². The first-order valence-corrected chi connectivity index (χ1v) is 6.55. The van der Waals surface area contributed by atoms with Crippen molar-refractivity contribution in [3.8, 4) is 11.5 Å². The molecule has 0 aromatic heterocycles. The van der Waals surface area contributed by atoms with Crippen molar-refractivity contribution >= 4 is 15.9 Å². The van der Waals surface area contributed by atoms with Crippen molar-refractivity contribution in [1.29, 1.82) is 0 Å². The lowest BCUT2D eigenvalue weighted by Gasteiger charge is -2.10. The second-order valence-electron chi connectivity index (χ2n) is 3.47. The third-order valence-corrected chi connectivity index (χ3v) is 3.32. The highest BCUT2D eigenvalue weighted by Crippen LogP contribution is 2.18. The van der Waals surface area contributed by atoms with Crippen LogP contribution in [0.2, 0.25) is 0 Å². The molecular formula is C10H12NO5S-. The van der Waals surface area contributed by atoms with Crippen LogP contribution in [0.1, 0.15) is 23.7 Å². The second kappa shape index (κ2) is 5.05. The fraction of sp³-hybridized carbons (Fsp3) is 0.300. The number of carbonyl (C=O) groups is 1. The zero-order valence-corrected chi connectivity index (χ0v) is 9.95. The van der Waals surface area contributed by atoms with Crippen LogP contribution in [0, 0.1) is 0 Å². The van der Waals surface area contributed by atoms with Crippen LogP contribution in [-0.2, 0) is 10.0 Å². The molecule has 1 aromatic rings. The van der Waals surface area contributed by atoms with E-state index in [1.54, 1.807) is 6.92 Å². The van der Waals surface area contributed by atoms with E-state index in [0.717, 1.165) is 18.2 Å². The number of rotatable bonds is 4. The molecule has 94 valence electrons. The molecule has 1 aromatic carbocycles. The Labute approximate surface area is 99.0 Å². The van der Waals surface area contributed by atoms with Gasteiger partial charge in [-0.1, -0.05) is 13.0 Å². The van der Waals surface area contributed by atoms with Crippen molar-refractivity contribution < 1.29 is 23.4 Å². The van der Waals surface area contributed by atoms with Crippen LogP contribution in [0.25, 0.3) is 0 Å². The zero-order valence-electron chi connectivity index (χ0n) is 9.13. The molecule has 6 nitrogen and oxygen atoms in total. The largest absolute Gasteiger partial charge is 0.872 e. The molecule has 0 saturated heterocycles. The Bertz CT molecular complexity index is 503. The monoisotopic (exact) mass is 258 g/mol. The summed E-state index contributed by atoms with van der Waals surface area (Å²) in [7, 11) is -3.69. The first-order valence-electron chi connectivity index (χ1n) is 4.90. The maximum absolute atomic E-state index is 11.5. The van der Waals surface area contributed by atoms with Crippen LogP contribution < -0.4 is 9.83 Å². The molecular weight excluding hydrogens is 246 g/mol. The van der Waals surface area contributed by atoms with E-state index in [1.165, 1.54) is 0 Å². The lowest BCUT2D eigenvalue weighted by atomic mass is 10.2. The summed E-state index contributed by atoms with van der Waals surface area (Å²) in [5.41, 5.74) is -0.185. The van der Waals surface area contributed by atoms with Crippen LogP contribution >= 0.6 is 0 Å². The number of aromatic hydroxyl groups is 1. The molecule has 1 amide bonds. The van der Waals surface area contributed by atoms with Gasteiger partial charge in [-0.3, -0.25) is 4.79 Å². The molecule has 0 aliphatic carbocycles. The number of phenolic OH excluding ortho intramolecular Hbond substituents is 1. The summed E-state index contributed by atoms with van der Waals surface area (Å²) < 4.78 is 24.4. The minimum Gasteiger partial charge on any atom is -0.872 e. The molecule has 0 bridgehead atoms. The van der Waals surface area contributed by atoms with Crippen LogP contribution in [0.5, 0.6) is 11.5 Å². The van der Waals surface area contributed by atoms with Crippen molar-refractivity contribution in [3.05, 3.63) is 23.8 Å². The molecule has 7 heteroatoms. The van der Waals surface area contributed by atoms with Gasteiger partial charge < -0.3 is 10.2 Å². The molecule has 0 heterocycles. The van der Waals surface area contributed by atoms with E-state index in [-0.39, 0.29) is 17.1 Å². The number of hydrogen-bond donors (Lipinski definition) is 2. The van der Waals surface area contributed by atoms with Gasteiger partial charge in [0.15, 0.2) is 0 Å². The predicted molar refractivity (Wildman–Crippen MR) is 59.1 cm³/mol.